The third-order valence-electron chi connectivity index (χ3n) is 3.51. The van der Waals surface area contributed by atoms with Crippen molar-refractivity contribution >= 4 is 23.2 Å². The first-order chi connectivity index (χ1) is 8.24. The van der Waals surface area contributed by atoms with E-state index < -0.39 is 5.41 Å². The molecule has 1 aromatic rings. The van der Waals surface area contributed by atoms with E-state index in [1.165, 1.54) is 4.90 Å². The minimum absolute atomic E-state index is 0.178. The normalized spacial score (nSPS) is 18.6. The highest BCUT2D eigenvalue weighted by Gasteiger charge is 2.46. The highest BCUT2D eigenvalue weighted by atomic mass is 16.2. The second-order valence-electron chi connectivity index (χ2n) is 5.59. The van der Waals surface area contributed by atoms with E-state index in [4.69, 9.17) is 5.73 Å². The molecule has 1 aliphatic heterocycles. The van der Waals surface area contributed by atoms with E-state index >= 15 is 0 Å². The highest BCUT2D eigenvalue weighted by molar-refractivity contribution is 6.23. The Morgan fingerprint density at radius 1 is 1.17 bits per heavy atom. The molecule has 1 heterocycles. The molecule has 4 nitrogen and oxygen atoms in total. The number of carbonyl (C=O) groups is 2. The van der Waals surface area contributed by atoms with Gasteiger partial charge in [0.15, 0.2) is 0 Å². The van der Waals surface area contributed by atoms with Gasteiger partial charge in [0.05, 0.1) is 16.8 Å². The molecule has 0 aliphatic carbocycles. The molecule has 4 heteroatoms. The van der Waals surface area contributed by atoms with Gasteiger partial charge in [-0.2, -0.15) is 0 Å². The molecule has 96 valence electrons. The van der Waals surface area contributed by atoms with E-state index in [9.17, 15) is 9.59 Å². The Labute approximate surface area is 107 Å². The van der Waals surface area contributed by atoms with Crippen LogP contribution in [0.4, 0.5) is 11.4 Å². The quantitative estimate of drug-likeness (QED) is 0.610. The van der Waals surface area contributed by atoms with Crippen LogP contribution < -0.4 is 10.6 Å². The number of nitrogens with zero attached hydrogens (tertiary/aromatic N) is 1. The summed E-state index contributed by atoms with van der Waals surface area (Å²) in [5, 5.41) is 0. The molecule has 1 aromatic carbocycles. The van der Waals surface area contributed by atoms with E-state index in [1.807, 2.05) is 19.9 Å². The summed E-state index contributed by atoms with van der Waals surface area (Å²) >= 11 is 0. The average Bonchev–Trinajstić information content (AvgIpc) is 2.43. The largest absolute Gasteiger partial charge is 0.397 e. The smallest absolute Gasteiger partial charge is 0.240 e. The van der Waals surface area contributed by atoms with Gasteiger partial charge >= 0.3 is 0 Å². The fraction of sp³-hybridized carbons (Fsp3) is 0.429. The molecular weight excluding hydrogens is 228 g/mol. The van der Waals surface area contributed by atoms with Gasteiger partial charge in [-0.05, 0) is 37.1 Å². The SMILES string of the molecule is Cc1cc(N)c(N2C(=O)CC(C)(C)C2=O)cc1C. The molecule has 0 aromatic heterocycles. The van der Waals surface area contributed by atoms with Gasteiger partial charge in [0.2, 0.25) is 11.8 Å². The summed E-state index contributed by atoms with van der Waals surface area (Å²) in [6, 6.07) is 3.61. The Hall–Kier alpha value is -1.84. The monoisotopic (exact) mass is 246 g/mol. The molecule has 0 unspecified atom stereocenters. The Bertz CT molecular complexity index is 547. The number of benzene rings is 1. The molecule has 0 spiro atoms. The van der Waals surface area contributed by atoms with Crippen LogP contribution in [0.1, 0.15) is 31.4 Å². The zero-order valence-corrected chi connectivity index (χ0v) is 11.2. The van der Waals surface area contributed by atoms with Crippen molar-refractivity contribution in [3.8, 4) is 0 Å². The summed E-state index contributed by atoms with van der Waals surface area (Å²) in [5.41, 5.74) is 8.35. The zero-order chi connectivity index (χ0) is 13.7. The molecule has 1 saturated heterocycles. The van der Waals surface area contributed by atoms with Crippen LogP contribution >= 0.6 is 0 Å². The molecule has 2 amide bonds. The first-order valence-electron chi connectivity index (χ1n) is 5.98. The molecule has 2 rings (SSSR count). The van der Waals surface area contributed by atoms with E-state index in [2.05, 4.69) is 0 Å². The Morgan fingerprint density at radius 2 is 1.72 bits per heavy atom. The summed E-state index contributed by atoms with van der Waals surface area (Å²) in [4.78, 5) is 25.5. The van der Waals surface area contributed by atoms with Crippen LogP contribution in [0.5, 0.6) is 0 Å². The highest BCUT2D eigenvalue weighted by Crippen LogP contribution is 2.38. The van der Waals surface area contributed by atoms with Crippen LogP contribution in [-0.2, 0) is 9.59 Å². The molecular formula is C14H18N2O2. The van der Waals surface area contributed by atoms with Crippen LogP contribution in [0.25, 0.3) is 0 Å². The zero-order valence-electron chi connectivity index (χ0n) is 11.2. The lowest BCUT2D eigenvalue weighted by Gasteiger charge is -2.20. The van der Waals surface area contributed by atoms with Crippen LogP contribution in [-0.4, -0.2) is 11.8 Å². The molecule has 0 saturated carbocycles. The first-order valence-corrected chi connectivity index (χ1v) is 5.98. The van der Waals surface area contributed by atoms with Gasteiger partial charge in [0.25, 0.3) is 0 Å². The fourth-order valence-electron chi connectivity index (χ4n) is 2.21. The topological polar surface area (TPSA) is 63.4 Å². The van der Waals surface area contributed by atoms with Crippen LogP contribution in [0.3, 0.4) is 0 Å². The predicted molar refractivity (Wildman–Crippen MR) is 71.2 cm³/mol. The Balaban J connectivity index is 2.53. The summed E-state index contributed by atoms with van der Waals surface area (Å²) in [6.07, 6.45) is 0.234. The number of aryl methyl sites for hydroxylation is 2. The van der Waals surface area contributed by atoms with Crippen molar-refractivity contribution in [1.82, 2.24) is 0 Å². The maximum Gasteiger partial charge on any atom is 0.240 e. The lowest BCUT2D eigenvalue weighted by molar-refractivity contribution is -0.124. The fourth-order valence-corrected chi connectivity index (χ4v) is 2.21. The molecule has 0 bridgehead atoms. The summed E-state index contributed by atoms with van der Waals surface area (Å²) in [7, 11) is 0. The average molecular weight is 246 g/mol. The minimum Gasteiger partial charge on any atom is -0.397 e. The van der Waals surface area contributed by atoms with E-state index in [-0.39, 0.29) is 18.2 Å². The van der Waals surface area contributed by atoms with Crippen LogP contribution in [0, 0.1) is 19.3 Å². The number of imide groups is 1. The van der Waals surface area contributed by atoms with Crippen molar-refractivity contribution in [3.63, 3.8) is 0 Å². The van der Waals surface area contributed by atoms with Crippen LogP contribution in [0.2, 0.25) is 0 Å². The predicted octanol–water partition coefficient (Wildman–Crippen LogP) is 2.18. The maximum atomic E-state index is 12.2. The Kier molecular flexibility index (Phi) is 2.69. The van der Waals surface area contributed by atoms with Gasteiger partial charge in [0, 0.05) is 6.42 Å². The van der Waals surface area contributed by atoms with Crippen molar-refractivity contribution in [3.05, 3.63) is 23.3 Å². The molecule has 1 aliphatic rings. The molecule has 0 radical (unpaired) electrons. The van der Waals surface area contributed by atoms with Gasteiger partial charge in [0.1, 0.15) is 0 Å². The number of amides is 2. The van der Waals surface area contributed by atoms with Gasteiger partial charge in [-0.15, -0.1) is 0 Å². The van der Waals surface area contributed by atoms with Crippen molar-refractivity contribution in [2.24, 2.45) is 5.41 Å². The second-order valence-corrected chi connectivity index (χ2v) is 5.59. The lowest BCUT2D eigenvalue weighted by atomic mass is 9.92. The second kappa shape index (κ2) is 3.83. The van der Waals surface area contributed by atoms with Crippen molar-refractivity contribution in [2.45, 2.75) is 34.1 Å². The molecule has 0 atom stereocenters. The number of hydrogen-bond acceptors (Lipinski definition) is 3. The number of anilines is 2. The molecule has 1 fully saturated rings. The van der Waals surface area contributed by atoms with E-state index in [0.717, 1.165) is 11.1 Å². The van der Waals surface area contributed by atoms with Crippen molar-refractivity contribution in [1.29, 1.82) is 0 Å². The third kappa shape index (κ3) is 1.78. The summed E-state index contributed by atoms with van der Waals surface area (Å²) in [6.45, 7) is 7.45. The standard InChI is InChI=1S/C14H18N2O2/c1-8-5-10(15)11(6-9(8)2)16-12(17)7-14(3,4)13(16)18/h5-6H,7,15H2,1-4H3. The Morgan fingerprint density at radius 3 is 2.22 bits per heavy atom. The van der Waals surface area contributed by atoms with Gasteiger partial charge < -0.3 is 5.73 Å². The van der Waals surface area contributed by atoms with Gasteiger partial charge in [-0.3, -0.25) is 9.59 Å². The number of nitrogens with two attached hydrogens (primary N) is 1. The summed E-state index contributed by atoms with van der Waals surface area (Å²) < 4.78 is 0. The third-order valence-corrected chi connectivity index (χ3v) is 3.51. The van der Waals surface area contributed by atoms with E-state index in [1.54, 1.807) is 19.9 Å². The molecule has 18 heavy (non-hydrogen) atoms. The number of rotatable bonds is 1. The van der Waals surface area contributed by atoms with Crippen molar-refractivity contribution in [2.75, 3.05) is 10.6 Å². The number of carbonyl (C=O) groups excluding carboxylic acids is 2. The van der Waals surface area contributed by atoms with Crippen LogP contribution in [0.15, 0.2) is 12.1 Å². The molecule has 2 N–H and O–H groups in total. The summed E-state index contributed by atoms with van der Waals surface area (Å²) in [5.74, 6) is -0.359. The van der Waals surface area contributed by atoms with Gasteiger partial charge in [-0.1, -0.05) is 13.8 Å². The first kappa shape index (κ1) is 12.6. The van der Waals surface area contributed by atoms with Crippen molar-refractivity contribution < 1.29 is 9.59 Å². The lowest BCUT2D eigenvalue weighted by Crippen LogP contribution is -2.33. The number of hydrogen-bond donors (Lipinski definition) is 1. The minimum atomic E-state index is -0.637. The maximum absolute atomic E-state index is 12.2. The number of nitrogen functional groups attached to an aromatic ring is 1. The van der Waals surface area contributed by atoms with Gasteiger partial charge in [-0.25, -0.2) is 4.90 Å². The van der Waals surface area contributed by atoms with E-state index in [0.29, 0.717) is 11.4 Å².